The van der Waals surface area contributed by atoms with Crippen molar-refractivity contribution in [1.29, 1.82) is 0 Å². The fourth-order valence-corrected chi connectivity index (χ4v) is 3.20. The fourth-order valence-electron chi connectivity index (χ4n) is 3.20. The molecule has 16 heavy (non-hydrogen) atoms. The van der Waals surface area contributed by atoms with Gasteiger partial charge >= 0.3 is 0 Å². The topological polar surface area (TPSA) is 30.5 Å². The maximum atomic E-state index is 6.17. The Morgan fingerprint density at radius 1 is 1.25 bits per heavy atom. The molecule has 2 aliphatic heterocycles. The highest BCUT2D eigenvalue weighted by Gasteiger charge is 2.57. The van der Waals surface area contributed by atoms with Crippen LogP contribution in [0.4, 0.5) is 0 Å². The zero-order valence-electron chi connectivity index (χ0n) is 11.0. The summed E-state index contributed by atoms with van der Waals surface area (Å²) in [6.45, 7) is 11.5. The van der Waals surface area contributed by atoms with E-state index in [2.05, 4.69) is 33.0 Å². The van der Waals surface area contributed by atoms with Crippen LogP contribution in [-0.2, 0) is 9.47 Å². The van der Waals surface area contributed by atoms with E-state index in [9.17, 15) is 0 Å². The van der Waals surface area contributed by atoms with Crippen LogP contribution in [0.15, 0.2) is 0 Å². The normalized spacial score (nSPS) is 38.4. The van der Waals surface area contributed by atoms with Crippen LogP contribution in [0, 0.1) is 5.92 Å². The number of nitrogens with one attached hydrogen (secondary N) is 1. The Kier molecular flexibility index (Phi) is 3.30. The van der Waals surface area contributed by atoms with Gasteiger partial charge in [0.15, 0.2) is 0 Å². The summed E-state index contributed by atoms with van der Waals surface area (Å²) >= 11 is 0. The summed E-state index contributed by atoms with van der Waals surface area (Å²) < 4.78 is 12.0. The van der Waals surface area contributed by atoms with Gasteiger partial charge in [0.25, 0.3) is 0 Å². The number of rotatable bonds is 2. The maximum Gasteiger partial charge on any atom is 0.114 e. The summed E-state index contributed by atoms with van der Waals surface area (Å²) in [6.07, 6.45) is 2.18. The van der Waals surface area contributed by atoms with Gasteiger partial charge in [-0.2, -0.15) is 0 Å². The molecule has 0 aliphatic carbocycles. The average molecular weight is 227 g/mol. The molecule has 0 aromatic carbocycles. The van der Waals surface area contributed by atoms with E-state index in [-0.39, 0.29) is 11.2 Å². The van der Waals surface area contributed by atoms with Crippen molar-refractivity contribution in [1.82, 2.24) is 5.32 Å². The molecule has 0 radical (unpaired) electrons. The van der Waals surface area contributed by atoms with Crippen molar-refractivity contribution >= 4 is 0 Å². The summed E-state index contributed by atoms with van der Waals surface area (Å²) in [4.78, 5) is 0. The minimum Gasteiger partial charge on any atom is -0.372 e. The van der Waals surface area contributed by atoms with Crippen molar-refractivity contribution in [3.63, 3.8) is 0 Å². The van der Waals surface area contributed by atoms with E-state index in [1.807, 2.05) is 0 Å². The standard InChI is InChI=1S/C13H25NO2/c1-10(2)9-11-13(16-8-6-14-11)5-7-15-12(13,3)4/h10-11,14H,5-9H2,1-4H3. The predicted octanol–water partition coefficient (Wildman–Crippen LogP) is 1.96. The van der Waals surface area contributed by atoms with Crippen LogP contribution in [0.3, 0.4) is 0 Å². The molecule has 3 heteroatoms. The van der Waals surface area contributed by atoms with Crippen LogP contribution < -0.4 is 5.32 Å². The zero-order chi connectivity index (χ0) is 11.8. The summed E-state index contributed by atoms with van der Waals surface area (Å²) in [5, 5.41) is 3.63. The largest absolute Gasteiger partial charge is 0.372 e. The third-order valence-electron chi connectivity index (χ3n) is 4.08. The van der Waals surface area contributed by atoms with Gasteiger partial charge in [0.05, 0.1) is 18.8 Å². The average Bonchev–Trinajstić information content (AvgIpc) is 2.46. The fraction of sp³-hybridized carbons (Fsp3) is 1.00. The van der Waals surface area contributed by atoms with E-state index in [1.54, 1.807) is 0 Å². The van der Waals surface area contributed by atoms with E-state index < -0.39 is 0 Å². The van der Waals surface area contributed by atoms with Gasteiger partial charge in [-0.25, -0.2) is 0 Å². The van der Waals surface area contributed by atoms with Gasteiger partial charge in [-0.05, 0) is 26.2 Å². The van der Waals surface area contributed by atoms with Gasteiger partial charge in [0.2, 0.25) is 0 Å². The molecule has 0 aromatic heterocycles. The molecular formula is C13H25NO2. The molecule has 2 rings (SSSR count). The zero-order valence-corrected chi connectivity index (χ0v) is 11.0. The molecule has 2 fully saturated rings. The third-order valence-corrected chi connectivity index (χ3v) is 4.08. The van der Waals surface area contributed by atoms with Crippen LogP contribution >= 0.6 is 0 Å². The van der Waals surface area contributed by atoms with Crippen molar-refractivity contribution in [2.75, 3.05) is 19.8 Å². The molecule has 0 aromatic rings. The molecule has 2 unspecified atom stereocenters. The van der Waals surface area contributed by atoms with Crippen molar-refractivity contribution in [3.05, 3.63) is 0 Å². The van der Waals surface area contributed by atoms with E-state index in [4.69, 9.17) is 9.47 Å². The molecule has 94 valence electrons. The van der Waals surface area contributed by atoms with Gasteiger partial charge in [-0.3, -0.25) is 0 Å². The molecule has 2 atom stereocenters. The molecule has 1 spiro atoms. The van der Waals surface area contributed by atoms with E-state index >= 15 is 0 Å². The number of ether oxygens (including phenoxy) is 2. The Bertz CT molecular complexity index is 252. The lowest BCUT2D eigenvalue weighted by Gasteiger charge is -2.49. The molecule has 2 aliphatic rings. The molecule has 0 saturated carbocycles. The first-order valence-electron chi connectivity index (χ1n) is 6.49. The lowest BCUT2D eigenvalue weighted by Crippen LogP contribution is -2.65. The molecule has 0 amide bonds. The second kappa shape index (κ2) is 4.28. The maximum absolute atomic E-state index is 6.17. The second-order valence-corrected chi connectivity index (χ2v) is 5.98. The summed E-state index contributed by atoms with van der Waals surface area (Å²) in [5.41, 5.74) is -0.282. The van der Waals surface area contributed by atoms with Crippen molar-refractivity contribution in [2.45, 2.75) is 57.8 Å². The Morgan fingerprint density at radius 2 is 2.00 bits per heavy atom. The van der Waals surface area contributed by atoms with Gasteiger partial charge in [-0.15, -0.1) is 0 Å². The van der Waals surface area contributed by atoms with Gasteiger partial charge < -0.3 is 14.8 Å². The highest BCUT2D eigenvalue weighted by Crippen LogP contribution is 2.44. The first-order chi connectivity index (χ1) is 7.48. The summed E-state index contributed by atoms with van der Waals surface area (Å²) in [5.74, 6) is 0.687. The highest BCUT2D eigenvalue weighted by molar-refractivity contribution is 5.09. The van der Waals surface area contributed by atoms with Crippen molar-refractivity contribution < 1.29 is 9.47 Å². The highest BCUT2D eigenvalue weighted by atomic mass is 16.6. The lowest BCUT2D eigenvalue weighted by atomic mass is 9.75. The number of hydrogen-bond acceptors (Lipinski definition) is 3. The van der Waals surface area contributed by atoms with Crippen LogP contribution in [-0.4, -0.2) is 37.0 Å². The van der Waals surface area contributed by atoms with Crippen LogP contribution in [0.25, 0.3) is 0 Å². The smallest absolute Gasteiger partial charge is 0.114 e. The molecule has 3 nitrogen and oxygen atoms in total. The Labute approximate surface area is 98.9 Å². The number of morpholine rings is 1. The minimum atomic E-state index is -0.167. The van der Waals surface area contributed by atoms with E-state index in [0.717, 1.165) is 32.6 Å². The van der Waals surface area contributed by atoms with Gasteiger partial charge in [0.1, 0.15) is 5.60 Å². The number of hydrogen-bond donors (Lipinski definition) is 1. The predicted molar refractivity (Wildman–Crippen MR) is 64.6 cm³/mol. The lowest BCUT2D eigenvalue weighted by molar-refractivity contribution is -0.173. The Balaban J connectivity index is 2.20. The Hall–Kier alpha value is -0.120. The summed E-state index contributed by atoms with van der Waals surface area (Å²) in [7, 11) is 0. The second-order valence-electron chi connectivity index (χ2n) is 5.98. The van der Waals surface area contributed by atoms with Crippen LogP contribution in [0.1, 0.15) is 40.5 Å². The summed E-state index contributed by atoms with van der Waals surface area (Å²) in [6, 6.07) is 0.429. The molecule has 2 saturated heterocycles. The monoisotopic (exact) mass is 227 g/mol. The van der Waals surface area contributed by atoms with Crippen LogP contribution in [0.5, 0.6) is 0 Å². The van der Waals surface area contributed by atoms with Gasteiger partial charge in [0, 0.05) is 19.0 Å². The van der Waals surface area contributed by atoms with E-state index in [0.29, 0.717) is 12.0 Å². The first-order valence-corrected chi connectivity index (χ1v) is 6.49. The molecule has 2 heterocycles. The van der Waals surface area contributed by atoms with E-state index in [1.165, 1.54) is 0 Å². The Morgan fingerprint density at radius 3 is 2.56 bits per heavy atom. The SMILES string of the molecule is CC(C)CC1NCCOC12CCOC2(C)C. The van der Waals surface area contributed by atoms with Crippen molar-refractivity contribution in [2.24, 2.45) is 5.92 Å². The quantitative estimate of drug-likeness (QED) is 0.782. The molecule has 0 bridgehead atoms. The molecular weight excluding hydrogens is 202 g/mol. The molecule has 1 N–H and O–H groups in total. The minimum absolute atomic E-state index is 0.116. The van der Waals surface area contributed by atoms with Gasteiger partial charge in [-0.1, -0.05) is 13.8 Å². The first kappa shape index (κ1) is 12.3. The van der Waals surface area contributed by atoms with Crippen LogP contribution in [0.2, 0.25) is 0 Å². The van der Waals surface area contributed by atoms with Crippen molar-refractivity contribution in [3.8, 4) is 0 Å². The third kappa shape index (κ3) is 1.89.